The standard InChI is InChI=1S/C17H15F4N3O4/c1-16(7-26-8-16)15(25)24-2-3-27-12-5-9(4-11(18)10(12)6-24)13-22-14(28-23-13)17(19,20)21/h4-5H,2-3,6-8H2,1H3. The van der Waals surface area contributed by atoms with Gasteiger partial charge in [-0.2, -0.15) is 18.2 Å². The fourth-order valence-corrected chi connectivity index (χ4v) is 3.10. The van der Waals surface area contributed by atoms with Crippen LogP contribution in [0.2, 0.25) is 0 Å². The maximum absolute atomic E-state index is 14.7. The average molecular weight is 401 g/mol. The highest BCUT2D eigenvalue weighted by molar-refractivity contribution is 5.83. The summed E-state index contributed by atoms with van der Waals surface area (Å²) in [6, 6.07) is 2.33. The second kappa shape index (κ2) is 6.43. The van der Waals surface area contributed by atoms with Crippen molar-refractivity contribution in [3.8, 4) is 17.1 Å². The van der Waals surface area contributed by atoms with Crippen LogP contribution >= 0.6 is 0 Å². The van der Waals surface area contributed by atoms with Gasteiger partial charge < -0.3 is 18.9 Å². The third kappa shape index (κ3) is 3.19. The van der Waals surface area contributed by atoms with Crippen LogP contribution in [0.15, 0.2) is 16.7 Å². The summed E-state index contributed by atoms with van der Waals surface area (Å²) in [6.07, 6.45) is -4.80. The van der Waals surface area contributed by atoms with Crippen molar-refractivity contribution < 1.29 is 36.4 Å². The Hall–Kier alpha value is -2.69. The summed E-state index contributed by atoms with van der Waals surface area (Å²) >= 11 is 0. The lowest BCUT2D eigenvalue weighted by atomic mass is 9.86. The smallest absolute Gasteiger partial charge is 0.471 e. The van der Waals surface area contributed by atoms with E-state index < -0.39 is 29.1 Å². The van der Waals surface area contributed by atoms with Crippen LogP contribution in [-0.4, -0.2) is 47.3 Å². The van der Waals surface area contributed by atoms with Crippen LogP contribution in [0, 0.1) is 11.2 Å². The zero-order chi connectivity index (χ0) is 20.1. The Balaban J connectivity index is 1.63. The molecule has 28 heavy (non-hydrogen) atoms. The molecule has 2 aliphatic rings. The van der Waals surface area contributed by atoms with Crippen molar-refractivity contribution in [2.45, 2.75) is 19.6 Å². The molecule has 1 amide bonds. The SMILES string of the molecule is CC1(C(=O)N2CCOc3cc(-c4noc(C(F)(F)F)n4)cc(F)c3C2)COC1. The Labute approximate surface area is 156 Å². The van der Waals surface area contributed by atoms with Crippen LogP contribution in [0.1, 0.15) is 18.4 Å². The Morgan fingerprint density at radius 3 is 2.64 bits per heavy atom. The van der Waals surface area contributed by atoms with E-state index in [0.29, 0.717) is 13.2 Å². The first-order chi connectivity index (χ1) is 13.2. The fraction of sp³-hybridized carbons (Fsp3) is 0.471. The molecule has 0 N–H and O–H groups in total. The number of benzene rings is 1. The van der Waals surface area contributed by atoms with Gasteiger partial charge in [-0.1, -0.05) is 5.16 Å². The summed E-state index contributed by atoms with van der Waals surface area (Å²) in [5, 5.41) is 3.25. The second-order valence-corrected chi connectivity index (χ2v) is 6.98. The number of rotatable bonds is 2. The van der Waals surface area contributed by atoms with Crippen molar-refractivity contribution >= 4 is 5.91 Å². The van der Waals surface area contributed by atoms with E-state index in [1.165, 1.54) is 11.0 Å². The predicted molar refractivity (Wildman–Crippen MR) is 84.5 cm³/mol. The van der Waals surface area contributed by atoms with Gasteiger partial charge in [-0.25, -0.2) is 4.39 Å². The number of aromatic nitrogens is 2. The number of hydrogen-bond acceptors (Lipinski definition) is 6. The maximum atomic E-state index is 14.7. The van der Waals surface area contributed by atoms with Gasteiger partial charge >= 0.3 is 12.1 Å². The number of fused-ring (bicyclic) bond motifs is 1. The first kappa shape index (κ1) is 18.7. The van der Waals surface area contributed by atoms with Gasteiger partial charge in [0.05, 0.1) is 31.7 Å². The molecule has 4 rings (SSSR count). The van der Waals surface area contributed by atoms with Crippen LogP contribution in [0.5, 0.6) is 5.75 Å². The van der Waals surface area contributed by atoms with Crippen molar-refractivity contribution in [2.24, 2.45) is 5.41 Å². The third-order valence-corrected chi connectivity index (χ3v) is 4.69. The highest BCUT2D eigenvalue weighted by atomic mass is 19.4. The quantitative estimate of drug-likeness (QED) is 0.720. The fourth-order valence-electron chi connectivity index (χ4n) is 3.10. The Morgan fingerprint density at radius 2 is 2.04 bits per heavy atom. The minimum atomic E-state index is -4.80. The third-order valence-electron chi connectivity index (χ3n) is 4.69. The highest BCUT2D eigenvalue weighted by Crippen LogP contribution is 2.35. The molecule has 0 radical (unpaired) electrons. The molecule has 0 bridgehead atoms. The lowest BCUT2D eigenvalue weighted by molar-refractivity contribution is -0.169. The lowest BCUT2D eigenvalue weighted by Gasteiger charge is -2.39. The number of alkyl halides is 3. The van der Waals surface area contributed by atoms with Crippen LogP contribution in [-0.2, 0) is 22.3 Å². The second-order valence-electron chi connectivity index (χ2n) is 6.98. The number of carbonyl (C=O) groups is 1. The highest BCUT2D eigenvalue weighted by Gasteiger charge is 2.44. The molecule has 3 heterocycles. The topological polar surface area (TPSA) is 77.7 Å². The molecule has 11 heteroatoms. The summed E-state index contributed by atoms with van der Waals surface area (Å²) in [4.78, 5) is 17.4. The minimum Gasteiger partial charge on any atom is -0.491 e. The molecule has 0 unspecified atom stereocenters. The van der Waals surface area contributed by atoms with E-state index in [4.69, 9.17) is 9.47 Å². The van der Waals surface area contributed by atoms with Gasteiger partial charge in [0.15, 0.2) is 0 Å². The molecular weight excluding hydrogens is 386 g/mol. The van der Waals surface area contributed by atoms with E-state index in [1.54, 1.807) is 6.92 Å². The monoisotopic (exact) mass is 401 g/mol. The summed E-state index contributed by atoms with van der Waals surface area (Å²) in [5.41, 5.74) is -0.521. The van der Waals surface area contributed by atoms with Gasteiger partial charge in [0.1, 0.15) is 18.2 Å². The number of hydrogen-bond donors (Lipinski definition) is 0. The number of nitrogens with zero attached hydrogens (tertiary/aromatic N) is 3. The largest absolute Gasteiger partial charge is 0.491 e. The predicted octanol–water partition coefficient (Wildman–Crippen LogP) is 2.65. The van der Waals surface area contributed by atoms with E-state index in [-0.39, 0.29) is 42.5 Å². The van der Waals surface area contributed by atoms with Gasteiger partial charge in [-0.05, 0) is 19.1 Å². The molecule has 0 saturated carbocycles. The number of carbonyl (C=O) groups excluding carboxylic acids is 1. The molecule has 1 aromatic carbocycles. The van der Waals surface area contributed by atoms with Crippen LogP contribution in [0.4, 0.5) is 17.6 Å². The molecule has 1 fully saturated rings. The number of halogens is 4. The van der Waals surface area contributed by atoms with Gasteiger partial charge in [0.2, 0.25) is 11.7 Å². The van der Waals surface area contributed by atoms with E-state index in [1.807, 2.05) is 0 Å². The van der Waals surface area contributed by atoms with Crippen molar-refractivity contribution in [1.82, 2.24) is 15.0 Å². The van der Waals surface area contributed by atoms with E-state index >= 15 is 0 Å². The normalized spacial score (nSPS) is 18.7. The summed E-state index contributed by atoms with van der Waals surface area (Å²) in [7, 11) is 0. The molecule has 7 nitrogen and oxygen atoms in total. The molecule has 1 saturated heterocycles. The van der Waals surface area contributed by atoms with E-state index in [9.17, 15) is 22.4 Å². The van der Waals surface area contributed by atoms with Crippen molar-refractivity contribution in [2.75, 3.05) is 26.4 Å². The van der Waals surface area contributed by atoms with Gasteiger partial charge in [-0.3, -0.25) is 4.79 Å². The molecular formula is C17H15F4N3O4. The van der Waals surface area contributed by atoms with Gasteiger partial charge in [0.25, 0.3) is 0 Å². The average Bonchev–Trinajstić information content (AvgIpc) is 3.01. The first-order valence-corrected chi connectivity index (χ1v) is 8.41. The molecule has 2 aliphatic heterocycles. The number of amides is 1. The Morgan fingerprint density at radius 1 is 1.29 bits per heavy atom. The van der Waals surface area contributed by atoms with Crippen molar-refractivity contribution in [3.05, 3.63) is 29.4 Å². The number of ether oxygens (including phenoxy) is 2. The molecule has 150 valence electrons. The Kier molecular flexibility index (Phi) is 4.29. The maximum Gasteiger partial charge on any atom is 0.471 e. The summed E-state index contributed by atoms with van der Waals surface area (Å²) in [6.45, 7) is 2.72. The molecule has 1 aromatic heterocycles. The lowest BCUT2D eigenvalue weighted by Crippen LogP contribution is -2.53. The van der Waals surface area contributed by atoms with E-state index in [0.717, 1.165) is 6.07 Å². The van der Waals surface area contributed by atoms with Crippen LogP contribution in [0.3, 0.4) is 0 Å². The summed E-state index contributed by atoms with van der Waals surface area (Å²) < 4.78 is 67.4. The minimum absolute atomic E-state index is 0.0179. The molecule has 0 spiro atoms. The van der Waals surface area contributed by atoms with Crippen molar-refractivity contribution in [1.29, 1.82) is 0 Å². The zero-order valence-electron chi connectivity index (χ0n) is 14.7. The summed E-state index contributed by atoms with van der Waals surface area (Å²) in [5.74, 6) is -2.70. The van der Waals surface area contributed by atoms with Crippen LogP contribution < -0.4 is 4.74 Å². The van der Waals surface area contributed by atoms with Crippen molar-refractivity contribution in [3.63, 3.8) is 0 Å². The zero-order valence-corrected chi connectivity index (χ0v) is 14.7. The molecule has 0 atom stereocenters. The van der Waals surface area contributed by atoms with Gasteiger partial charge in [-0.15, -0.1) is 0 Å². The Bertz CT molecular complexity index is 924. The molecule has 0 aliphatic carbocycles. The van der Waals surface area contributed by atoms with Crippen LogP contribution in [0.25, 0.3) is 11.4 Å². The first-order valence-electron chi connectivity index (χ1n) is 8.41. The molecule has 2 aromatic rings. The van der Waals surface area contributed by atoms with Gasteiger partial charge in [0, 0.05) is 11.1 Å². The van der Waals surface area contributed by atoms with E-state index in [2.05, 4.69) is 14.7 Å².